The van der Waals surface area contributed by atoms with Crippen molar-refractivity contribution in [2.24, 2.45) is 0 Å². The Hall–Kier alpha value is -2.41. The first-order chi connectivity index (χ1) is 11.3. The van der Waals surface area contributed by atoms with Crippen molar-refractivity contribution in [1.29, 1.82) is 0 Å². The molecule has 0 aliphatic heterocycles. The SMILES string of the molecule is COc1cc(CC(=O)O)c2nc(C(C)(C)CCCO)c(=O)[nH]c2c1. The van der Waals surface area contributed by atoms with Crippen molar-refractivity contribution in [2.45, 2.75) is 38.5 Å². The van der Waals surface area contributed by atoms with Gasteiger partial charge in [-0.05, 0) is 24.5 Å². The number of carboxylic acids is 1. The first kappa shape index (κ1) is 17.9. The first-order valence-electron chi connectivity index (χ1n) is 7.72. The third-order valence-corrected chi connectivity index (χ3v) is 4.03. The Balaban J connectivity index is 2.66. The lowest BCUT2D eigenvalue weighted by molar-refractivity contribution is -0.136. The van der Waals surface area contributed by atoms with Crippen LogP contribution >= 0.6 is 0 Å². The lowest BCUT2D eigenvalue weighted by Gasteiger charge is -2.23. The maximum Gasteiger partial charge on any atom is 0.307 e. The number of methoxy groups -OCH3 is 1. The van der Waals surface area contributed by atoms with E-state index in [1.807, 2.05) is 13.8 Å². The van der Waals surface area contributed by atoms with Crippen molar-refractivity contribution in [2.75, 3.05) is 13.7 Å². The van der Waals surface area contributed by atoms with E-state index in [-0.39, 0.29) is 18.6 Å². The van der Waals surface area contributed by atoms with Crippen LogP contribution in [0.5, 0.6) is 5.75 Å². The number of carboxylic acid groups (broad SMARTS) is 1. The summed E-state index contributed by atoms with van der Waals surface area (Å²) < 4.78 is 5.16. The Kier molecular flexibility index (Phi) is 5.23. The average Bonchev–Trinajstić information content (AvgIpc) is 2.51. The number of aliphatic hydroxyl groups is 1. The summed E-state index contributed by atoms with van der Waals surface area (Å²) in [6, 6.07) is 3.24. The number of rotatable bonds is 7. The molecule has 0 spiro atoms. The molecule has 0 aliphatic rings. The highest BCUT2D eigenvalue weighted by molar-refractivity contribution is 5.84. The molecule has 130 valence electrons. The second-order valence-corrected chi connectivity index (χ2v) is 6.38. The van der Waals surface area contributed by atoms with Crippen LogP contribution in [0.15, 0.2) is 16.9 Å². The van der Waals surface area contributed by atoms with Crippen LogP contribution in [0.25, 0.3) is 11.0 Å². The molecule has 0 unspecified atom stereocenters. The lowest BCUT2D eigenvalue weighted by atomic mass is 9.84. The summed E-state index contributed by atoms with van der Waals surface area (Å²) in [6.45, 7) is 3.80. The monoisotopic (exact) mass is 334 g/mol. The smallest absolute Gasteiger partial charge is 0.307 e. The van der Waals surface area contributed by atoms with Crippen LogP contribution < -0.4 is 10.3 Å². The predicted octanol–water partition coefficient (Wildman–Crippen LogP) is 1.61. The van der Waals surface area contributed by atoms with Crippen LogP contribution in [0, 0.1) is 0 Å². The summed E-state index contributed by atoms with van der Waals surface area (Å²) in [5.74, 6) is -0.526. The van der Waals surface area contributed by atoms with E-state index < -0.39 is 11.4 Å². The Morgan fingerprint density at radius 3 is 2.67 bits per heavy atom. The zero-order valence-electron chi connectivity index (χ0n) is 14.0. The Bertz CT molecular complexity index is 810. The average molecular weight is 334 g/mol. The van der Waals surface area contributed by atoms with Crippen molar-refractivity contribution in [3.05, 3.63) is 33.7 Å². The number of ether oxygens (including phenoxy) is 1. The van der Waals surface area contributed by atoms with E-state index in [2.05, 4.69) is 9.97 Å². The van der Waals surface area contributed by atoms with Gasteiger partial charge in [0.15, 0.2) is 0 Å². The van der Waals surface area contributed by atoms with Gasteiger partial charge in [-0.2, -0.15) is 0 Å². The Morgan fingerprint density at radius 2 is 2.08 bits per heavy atom. The molecule has 0 aliphatic carbocycles. The summed E-state index contributed by atoms with van der Waals surface area (Å²) >= 11 is 0. The second kappa shape index (κ2) is 7.00. The number of aliphatic carboxylic acids is 1. The van der Waals surface area contributed by atoms with Crippen LogP contribution in [-0.4, -0.2) is 39.9 Å². The van der Waals surface area contributed by atoms with E-state index in [0.717, 1.165) is 0 Å². The molecule has 0 atom stereocenters. The molecule has 0 fully saturated rings. The van der Waals surface area contributed by atoms with Crippen LogP contribution in [0.3, 0.4) is 0 Å². The van der Waals surface area contributed by atoms with Gasteiger partial charge in [-0.3, -0.25) is 9.59 Å². The standard InChI is InChI=1S/C17H22N2O5/c1-17(2,5-4-6-20)15-16(23)18-12-9-11(24-3)7-10(8-13(21)22)14(12)19-15/h7,9,20H,4-6,8H2,1-3H3,(H,18,23)(H,21,22). The van der Waals surface area contributed by atoms with Crippen LogP contribution in [0.4, 0.5) is 0 Å². The van der Waals surface area contributed by atoms with Crippen LogP contribution in [0.1, 0.15) is 37.9 Å². The highest BCUT2D eigenvalue weighted by atomic mass is 16.5. The fourth-order valence-electron chi connectivity index (χ4n) is 2.75. The zero-order chi connectivity index (χ0) is 17.9. The number of aromatic nitrogens is 2. The van der Waals surface area contributed by atoms with Crippen LogP contribution in [0.2, 0.25) is 0 Å². The molecule has 2 rings (SSSR count). The molecule has 0 saturated carbocycles. The molecule has 7 heteroatoms. The number of fused-ring (bicyclic) bond motifs is 1. The molecule has 0 saturated heterocycles. The van der Waals surface area contributed by atoms with E-state index in [1.165, 1.54) is 7.11 Å². The Labute approximate surface area is 139 Å². The fraction of sp³-hybridized carbons (Fsp3) is 0.471. The van der Waals surface area contributed by atoms with E-state index in [4.69, 9.17) is 14.9 Å². The molecular formula is C17H22N2O5. The van der Waals surface area contributed by atoms with Gasteiger partial charge < -0.3 is 19.9 Å². The van der Waals surface area contributed by atoms with Crippen LogP contribution in [-0.2, 0) is 16.6 Å². The van der Waals surface area contributed by atoms with Gasteiger partial charge in [0, 0.05) is 18.1 Å². The molecule has 0 radical (unpaired) electrons. The molecule has 1 heterocycles. The molecule has 2 aromatic rings. The number of carbonyl (C=O) groups is 1. The fourth-order valence-corrected chi connectivity index (χ4v) is 2.75. The minimum absolute atomic E-state index is 0.0381. The number of hydrogen-bond donors (Lipinski definition) is 3. The number of hydrogen-bond acceptors (Lipinski definition) is 5. The second-order valence-electron chi connectivity index (χ2n) is 6.38. The zero-order valence-corrected chi connectivity index (χ0v) is 14.0. The summed E-state index contributed by atoms with van der Waals surface area (Å²) in [5, 5.41) is 18.2. The van der Waals surface area contributed by atoms with Crippen molar-refractivity contribution >= 4 is 17.0 Å². The molecule has 0 amide bonds. The lowest BCUT2D eigenvalue weighted by Crippen LogP contribution is -2.30. The maximum atomic E-state index is 12.4. The largest absolute Gasteiger partial charge is 0.497 e. The van der Waals surface area contributed by atoms with Gasteiger partial charge in [-0.1, -0.05) is 13.8 Å². The number of nitrogens with zero attached hydrogens (tertiary/aromatic N) is 1. The highest BCUT2D eigenvalue weighted by Gasteiger charge is 2.26. The van der Waals surface area contributed by atoms with Gasteiger partial charge >= 0.3 is 5.97 Å². The van der Waals surface area contributed by atoms with E-state index in [9.17, 15) is 9.59 Å². The highest BCUT2D eigenvalue weighted by Crippen LogP contribution is 2.28. The molecule has 7 nitrogen and oxygen atoms in total. The van der Waals surface area contributed by atoms with Gasteiger partial charge in [0.1, 0.15) is 11.4 Å². The number of aromatic amines is 1. The van der Waals surface area contributed by atoms with Crippen molar-refractivity contribution in [1.82, 2.24) is 9.97 Å². The number of H-pyrrole nitrogens is 1. The van der Waals surface area contributed by atoms with Gasteiger partial charge in [-0.25, -0.2) is 4.98 Å². The minimum atomic E-state index is -0.987. The molecule has 1 aromatic carbocycles. The summed E-state index contributed by atoms with van der Waals surface area (Å²) in [4.78, 5) is 30.8. The number of aliphatic hydroxyl groups excluding tert-OH is 1. The molecule has 3 N–H and O–H groups in total. The maximum absolute atomic E-state index is 12.4. The van der Waals surface area contributed by atoms with Gasteiger partial charge in [-0.15, -0.1) is 0 Å². The number of nitrogens with one attached hydrogen (secondary N) is 1. The van der Waals surface area contributed by atoms with Crippen molar-refractivity contribution < 1.29 is 19.7 Å². The summed E-state index contributed by atoms with van der Waals surface area (Å²) in [5.41, 5.74) is 0.847. The predicted molar refractivity (Wildman–Crippen MR) is 89.6 cm³/mol. The quantitative estimate of drug-likeness (QED) is 0.709. The normalized spacial score (nSPS) is 11.7. The number of benzene rings is 1. The molecule has 24 heavy (non-hydrogen) atoms. The Morgan fingerprint density at radius 1 is 1.38 bits per heavy atom. The van der Waals surface area contributed by atoms with Crippen molar-refractivity contribution in [3.63, 3.8) is 0 Å². The topological polar surface area (TPSA) is 113 Å². The van der Waals surface area contributed by atoms with E-state index in [0.29, 0.717) is 40.9 Å². The molecule has 0 bridgehead atoms. The van der Waals surface area contributed by atoms with E-state index >= 15 is 0 Å². The van der Waals surface area contributed by atoms with Gasteiger partial charge in [0.2, 0.25) is 0 Å². The third kappa shape index (κ3) is 3.73. The molecular weight excluding hydrogens is 312 g/mol. The summed E-state index contributed by atoms with van der Waals surface area (Å²) in [7, 11) is 1.48. The van der Waals surface area contributed by atoms with Gasteiger partial charge in [0.25, 0.3) is 5.56 Å². The third-order valence-electron chi connectivity index (χ3n) is 4.03. The molecule has 1 aromatic heterocycles. The van der Waals surface area contributed by atoms with E-state index in [1.54, 1.807) is 12.1 Å². The summed E-state index contributed by atoms with van der Waals surface area (Å²) in [6.07, 6.45) is 0.926. The van der Waals surface area contributed by atoms with Crippen molar-refractivity contribution in [3.8, 4) is 5.75 Å². The first-order valence-corrected chi connectivity index (χ1v) is 7.72. The van der Waals surface area contributed by atoms with Gasteiger partial charge in [0.05, 0.1) is 24.6 Å². The minimum Gasteiger partial charge on any atom is -0.497 e.